The highest BCUT2D eigenvalue weighted by Crippen LogP contribution is 2.31. The molecule has 3 nitrogen and oxygen atoms in total. The van der Waals surface area contributed by atoms with E-state index in [0.717, 1.165) is 13.1 Å². The predicted octanol–water partition coefficient (Wildman–Crippen LogP) is 2.55. The van der Waals surface area contributed by atoms with Gasteiger partial charge < -0.3 is 5.32 Å². The standard InChI is InChI=1S/C13H23N3/c1-9(2)16-11(4)13(10(3)15-16)12-5-7-14-8-6-12/h9,12,14H,5-8H2,1-4H3. The molecule has 0 amide bonds. The van der Waals surface area contributed by atoms with E-state index in [9.17, 15) is 0 Å². The molecule has 0 radical (unpaired) electrons. The molecule has 1 aliphatic rings. The molecule has 90 valence electrons. The molecule has 0 unspecified atom stereocenters. The highest BCUT2D eigenvalue weighted by atomic mass is 15.3. The molecule has 0 bridgehead atoms. The zero-order valence-electron chi connectivity index (χ0n) is 10.9. The van der Waals surface area contributed by atoms with Gasteiger partial charge in [0.1, 0.15) is 0 Å². The predicted molar refractivity (Wildman–Crippen MR) is 66.9 cm³/mol. The lowest BCUT2D eigenvalue weighted by Gasteiger charge is -2.23. The van der Waals surface area contributed by atoms with Crippen molar-refractivity contribution in [1.82, 2.24) is 15.1 Å². The van der Waals surface area contributed by atoms with E-state index in [1.165, 1.54) is 29.8 Å². The Hall–Kier alpha value is -0.830. The van der Waals surface area contributed by atoms with Crippen LogP contribution < -0.4 is 5.32 Å². The van der Waals surface area contributed by atoms with Gasteiger partial charge in [0.05, 0.1) is 5.69 Å². The molecule has 0 spiro atoms. The van der Waals surface area contributed by atoms with E-state index in [1.54, 1.807) is 0 Å². The van der Waals surface area contributed by atoms with Gasteiger partial charge in [0.2, 0.25) is 0 Å². The topological polar surface area (TPSA) is 29.9 Å². The molecule has 2 heterocycles. The third-order valence-corrected chi connectivity index (χ3v) is 3.62. The Morgan fingerprint density at radius 3 is 2.38 bits per heavy atom. The molecule has 16 heavy (non-hydrogen) atoms. The summed E-state index contributed by atoms with van der Waals surface area (Å²) in [6.07, 6.45) is 2.51. The van der Waals surface area contributed by atoms with Crippen molar-refractivity contribution in [1.29, 1.82) is 0 Å². The molecular formula is C13H23N3. The fraction of sp³-hybridized carbons (Fsp3) is 0.769. The Balaban J connectivity index is 2.32. The average Bonchev–Trinajstić information content (AvgIpc) is 2.56. The smallest absolute Gasteiger partial charge is 0.0631 e. The van der Waals surface area contributed by atoms with E-state index in [0.29, 0.717) is 12.0 Å². The first-order chi connectivity index (χ1) is 7.61. The van der Waals surface area contributed by atoms with Crippen LogP contribution in [0.1, 0.15) is 55.6 Å². The molecule has 1 saturated heterocycles. The summed E-state index contributed by atoms with van der Waals surface area (Å²) in [5.74, 6) is 0.716. The Morgan fingerprint density at radius 1 is 1.25 bits per heavy atom. The van der Waals surface area contributed by atoms with Crippen molar-refractivity contribution in [2.24, 2.45) is 0 Å². The molecule has 0 atom stereocenters. The van der Waals surface area contributed by atoms with Crippen LogP contribution in [0, 0.1) is 13.8 Å². The summed E-state index contributed by atoms with van der Waals surface area (Å²) in [6, 6.07) is 0.467. The van der Waals surface area contributed by atoms with Crippen LogP contribution in [0.2, 0.25) is 0 Å². The normalized spacial score (nSPS) is 18.3. The molecule has 1 aromatic rings. The van der Waals surface area contributed by atoms with Crippen LogP contribution in [0.3, 0.4) is 0 Å². The molecule has 1 aliphatic heterocycles. The van der Waals surface area contributed by atoms with Crippen LogP contribution in [0.4, 0.5) is 0 Å². The molecule has 0 aromatic carbocycles. The third kappa shape index (κ3) is 2.01. The van der Waals surface area contributed by atoms with Gasteiger partial charge in [0.15, 0.2) is 0 Å². The van der Waals surface area contributed by atoms with E-state index < -0.39 is 0 Å². The quantitative estimate of drug-likeness (QED) is 0.831. The van der Waals surface area contributed by atoms with Crippen molar-refractivity contribution >= 4 is 0 Å². The summed E-state index contributed by atoms with van der Waals surface area (Å²) in [6.45, 7) is 11.1. The Morgan fingerprint density at radius 2 is 1.88 bits per heavy atom. The number of aryl methyl sites for hydroxylation is 1. The number of hydrogen-bond donors (Lipinski definition) is 1. The lowest BCUT2D eigenvalue weighted by Crippen LogP contribution is -2.27. The second-order valence-corrected chi connectivity index (χ2v) is 5.15. The molecule has 1 N–H and O–H groups in total. The summed E-state index contributed by atoms with van der Waals surface area (Å²) in [4.78, 5) is 0. The SMILES string of the molecule is Cc1nn(C(C)C)c(C)c1C1CCNCC1. The molecule has 1 fully saturated rings. The van der Waals surface area contributed by atoms with Gasteiger partial charge in [-0.15, -0.1) is 0 Å². The van der Waals surface area contributed by atoms with Crippen molar-refractivity contribution in [3.63, 3.8) is 0 Å². The number of hydrogen-bond acceptors (Lipinski definition) is 2. The maximum absolute atomic E-state index is 4.68. The molecule has 0 saturated carbocycles. The van der Waals surface area contributed by atoms with Crippen LogP contribution in [0.15, 0.2) is 0 Å². The largest absolute Gasteiger partial charge is 0.317 e. The first kappa shape index (κ1) is 11.6. The van der Waals surface area contributed by atoms with E-state index in [1.807, 2.05) is 0 Å². The number of rotatable bonds is 2. The van der Waals surface area contributed by atoms with Gasteiger partial charge in [-0.05, 0) is 65.1 Å². The summed E-state index contributed by atoms with van der Waals surface area (Å²) < 4.78 is 2.17. The Labute approximate surface area is 98.2 Å². The first-order valence-corrected chi connectivity index (χ1v) is 6.37. The van der Waals surface area contributed by atoms with Gasteiger partial charge in [0.25, 0.3) is 0 Å². The van der Waals surface area contributed by atoms with Crippen LogP contribution in [-0.4, -0.2) is 22.9 Å². The summed E-state index contributed by atoms with van der Waals surface area (Å²) >= 11 is 0. The average molecular weight is 221 g/mol. The van der Waals surface area contributed by atoms with Gasteiger partial charge >= 0.3 is 0 Å². The highest BCUT2D eigenvalue weighted by Gasteiger charge is 2.23. The van der Waals surface area contributed by atoms with E-state index in [2.05, 4.69) is 42.8 Å². The van der Waals surface area contributed by atoms with Crippen LogP contribution in [0.25, 0.3) is 0 Å². The summed E-state index contributed by atoms with van der Waals surface area (Å²) in [5.41, 5.74) is 4.12. The second-order valence-electron chi connectivity index (χ2n) is 5.15. The molecule has 1 aromatic heterocycles. The minimum Gasteiger partial charge on any atom is -0.317 e. The van der Waals surface area contributed by atoms with Crippen molar-refractivity contribution in [3.8, 4) is 0 Å². The molecule has 2 rings (SSSR count). The fourth-order valence-corrected chi connectivity index (χ4v) is 2.88. The maximum Gasteiger partial charge on any atom is 0.0631 e. The van der Waals surface area contributed by atoms with Crippen LogP contribution in [0.5, 0.6) is 0 Å². The summed E-state index contributed by atoms with van der Waals surface area (Å²) in [7, 11) is 0. The lowest BCUT2D eigenvalue weighted by atomic mass is 9.89. The number of aromatic nitrogens is 2. The van der Waals surface area contributed by atoms with Gasteiger partial charge in [-0.3, -0.25) is 4.68 Å². The van der Waals surface area contributed by atoms with Crippen molar-refractivity contribution < 1.29 is 0 Å². The number of nitrogens with one attached hydrogen (secondary N) is 1. The van der Waals surface area contributed by atoms with Crippen LogP contribution >= 0.6 is 0 Å². The Bertz CT molecular complexity index is 359. The molecular weight excluding hydrogens is 198 g/mol. The molecule has 3 heteroatoms. The zero-order chi connectivity index (χ0) is 11.7. The number of piperidine rings is 1. The van der Waals surface area contributed by atoms with Gasteiger partial charge in [-0.2, -0.15) is 5.10 Å². The van der Waals surface area contributed by atoms with Gasteiger partial charge in [-0.25, -0.2) is 0 Å². The lowest BCUT2D eigenvalue weighted by molar-refractivity contribution is 0.455. The summed E-state index contributed by atoms with van der Waals surface area (Å²) in [5, 5.41) is 8.11. The third-order valence-electron chi connectivity index (χ3n) is 3.62. The minimum absolute atomic E-state index is 0.467. The van der Waals surface area contributed by atoms with E-state index >= 15 is 0 Å². The van der Waals surface area contributed by atoms with Crippen molar-refractivity contribution in [3.05, 3.63) is 17.0 Å². The van der Waals surface area contributed by atoms with E-state index in [-0.39, 0.29) is 0 Å². The fourth-order valence-electron chi connectivity index (χ4n) is 2.88. The maximum atomic E-state index is 4.68. The monoisotopic (exact) mass is 221 g/mol. The van der Waals surface area contributed by atoms with Gasteiger partial charge in [0, 0.05) is 11.7 Å². The highest BCUT2D eigenvalue weighted by molar-refractivity contribution is 5.29. The van der Waals surface area contributed by atoms with Gasteiger partial charge in [-0.1, -0.05) is 0 Å². The van der Waals surface area contributed by atoms with E-state index in [4.69, 9.17) is 0 Å². The van der Waals surface area contributed by atoms with Crippen LogP contribution in [-0.2, 0) is 0 Å². The van der Waals surface area contributed by atoms with Crippen molar-refractivity contribution in [2.75, 3.05) is 13.1 Å². The minimum atomic E-state index is 0.467. The molecule has 0 aliphatic carbocycles. The zero-order valence-corrected chi connectivity index (χ0v) is 10.9. The second kappa shape index (κ2) is 4.58. The van der Waals surface area contributed by atoms with Crippen molar-refractivity contribution in [2.45, 2.75) is 52.5 Å². The number of nitrogens with zero attached hydrogens (tertiary/aromatic N) is 2. The first-order valence-electron chi connectivity index (χ1n) is 6.37. The Kier molecular flexibility index (Phi) is 3.33.